The summed E-state index contributed by atoms with van der Waals surface area (Å²) in [5.41, 5.74) is 0.137. The lowest BCUT2D eigenvalue weighted by Crippen LogP contribution is -2.63. The normalized spacial score (nSPS) is 47.0. The maximum Gasteiger partial charge on any atom is 0.315 e. The van der Waals surface area contributed by atoms with Gasteiger partial charge in [-0.3, -0.25) is 4.90 Å². The van der Waals surface area contributed by atoms with Crippen LogP contribution in [0.5, 0.6) is 0 Å². The summed E-state index contributed by atoms with van der Waals surface area (Å²) >= 11 is 0. The van der Waals surface area contributed by atoms with Crippen molar-refractivity contribution in [1.82, 2.24) is 15.5 Å². The molecule has 0 spiro atoms. The number of nitrogens with one attached hydrogen (secondary N) is 2. The first-order valence-corrected chi connectivity index (χ1v) is 11.5. The van der Waals surface area contributed by atoms with Crippen molar-refractivity contribution < 1.29 is 4.79 Å². The maximum atomic E-state index is 12.9. The molecular weight excluding hydrogens is 322 g/mol. The Morgan fingerprint density at radius 1 is 0.962 bits per heavy atom. The van der Waals surface area contributed by atoms with Crippen molar-refractivity contribution in [2.24, 2.45) is 17.8 Å². The second kappa shape index (κ2) is 6.68. The van der Waals surface area contributed by atoms with Crippen molar-refractivity contribution >= 4 is 6.03 Å². The molecule has 2 heterocycles. The van der Waals surface area contributed by atoms with Gasteiger partial charge in [0.05, 0.1) is 0 Å². The molecule has 6 rings (SSSR count). The zero-order valence-electron chi connectivity index (χ0n) is 16.5. The predicted molar refractivity (Wildman–Crippen MR) is 104 cm³/mol. The molecule has 0 aromatic heterocycles. The van der Waals surface area contributed by atoms with Gasteiger partial charge >= 0.3 is 6.03 Å². The lowest BCUT2D eigenvalue weighted by atomic mass is 9.53. The Bertz CT molecular complexity index is 498. The molecule has 2 N–H and O–H groups in total. The van der Waals surface area contributed by atoms with Crippen LogP contribution in [0.3, 0.4) is 0 Å². The molecule has 4 aliphatic carbocycles. The number of piperidine rings is 2. The first-order chi connectivity index (χ1) is 12.6. The van der Waals surface area contributed by atoms with Crippen molar-refractivity contribution in [3.05, 3.63) is 0 Å². The molecule has 4 saturated carbocycles. The van der Waals surface area contributed by atoms with E-state index in [0.29, 0.717) is 18.1 Å². The number of carbonyl (C=O) groups excluding carboxylic acids is 1. The fourth-order valence-electron chi connectivity index (χ4n) is 7.95. The predicted octanol–water partition coefficient (Wildman–Crippen LogP) is 4.05. The number of nitrogens with zero attached hydrogens (tertiary/aromatic N) is 1. The quantitative estimate of drug-likeness (QED) is 0.795. The first-order valence-electron chi connectivity index (χ1n) is 11.5. The largest absolute Gasteiger partial charge is 0.335 e. The zero-order chi connectivity index (χ0) is 17.7. The summed E-state index contributed by atoms with van der Waals surface area (Å²) in [4.78, 5) is 15.6. The third kappa shape index (κ3) is 3.16. The van der Waals surface area contributed by atoms with E-state index in [2.05, 4.69) is 22.5 Å². The summed E-state index contributed by atoms with van der Waals surface area (Å²) in [5.74, 6) is 2.66. The molecule has 2 amide bonds. The Labute approximate surface area is 158 Å². The lowest BCUT2D eigenvalue weighted by Gasteiger charge is -2.57. The summed E-state index contributed by atoms with van der Waals surface area (Å²) in [6.07, 6.45) is 15.6. The third-order valence-corrected chi connectivity index (χ3v) is 8.36. The van der Waals surface area contributed by atoms with E-state index in [-0.39, 0.29) is 11.6 Å². The van der Waals surface area contributed by atoms with E-state index in [9.17, 15) is 4.79 Å². The van der Waals surface area contributed by atoms with Crippen LogP contribution < -0.4 is 10.6 Å². The van der Waals surface area contributed by atoms with E-state index in [1.807, 2.05) is 0 Å². The number of carbonyl (C=O) groups is 1. The van der Waals surface area contributed by atoms with Crippen LogP contribution in [0.4, 0.5) is 4.79 Å². The number of amides is 2. The van der Waals surface area contributed by atoms with Gasteiger partial charge in [0.25, 0.3) is 0 Å². The van der Waals surface area contributed by atoms with Crippen molar-refractivity contribution in [3.8, 4) is 0 Å². The number of hydrogen-bond acceptors (Lipinski definition) is 2. The summed E-state index contributed by atoms with van der Waals surface area (Å²) in [5, 5.41) is 6.92. The molecule has 0 unspecified atom stereocenters. The van der Waals surface area contributed by atoms with Gasteiger partial charge in [0.15, 0.2) is 0 Å². The molecule has 0 aromatic carbocycles. The fourth-order valence-corrected chi connectivity index (χ4v) is 7.95. The van der Waals surface area contributed by atoms with E-state index >= 15 is 0 Å². The van der Waals surface area contributed by atoms with Crippen LogP contribution in [-0.2, 0) is 0 Å². The SMILES string of the molecule is CCCN1[C@@H]2CCC[C@@H]1CC(NC(=O)NC13CC4CC(CC(C4)C1)C3)C2. The maximum absolute atomic E-state index is 12.9. The van der Waals surface area contributed by atoms with Gasteiger partial charge in [0, 0.05) is 23.7 Å². The Morgan fingerprint density at radius 2 is 1.54 bits per heavy atom. The van der Waals surface area contributed by atoms with Crippen LogP contribution in [0, 0.1) is 17.8 Å². The molecule has 2 aliphatic heterocycles. The highest BCUT2D eigenvalue weighted by Gasteiger charge is 2.51. The van der Waals surface area contributed by atoms with Gasteiger partial charge < -0.3 is 10.6 Å². The average molecular weight is 360 g/mol. The Kier molecular flexibility index (Phi) is 4.46. The molecule has 0 radical (unpaired) electrons. The molecule has 4 heteroatoms. The Balaban J connectivity index is 1.19. The molecule has 6 bridgehead atoms. The van der Waals surface area contributed by atoms with Gasteiger partial charge in [0.2, 0.25) is 0 Å². The van der Waals surface area contributed by atoms with Gasteiger partial charge in [-0.05, 0) is 94.9 Å². The zero-order valence-corrected chi connectivity index (χ0v) is 16.5. The Morgan fingerprint density at radius 3 is 2.08 bits per heavy atom. The number of hydrogen-bond donors (Lipinski definition) is 2. The van der Waals surface area contributed by atoms with E-state index in [1.54, 1.807) is 0 Å². The van der Waals surface area contributed by atoms with Crippen LogP contribution in [-0.4, -0.2) is 41.1 Å². The summed E-state index contributed by atoms with van der Waals surface area (Å²) in [6.45, 7) is 3.53. The van der Waals surface area contributed by atoms with E-state index in [4.69, 9.17) is 0 Å². The van der Waals surface area contributed by atoms with Gasteiger partial charge in [0.1, 0.15) is 0 Å². The van der Waals surface area contributed by atoms with Crippen LogP contribution in [0.15, 0.2) is 0 Å². The first kappa shape index (κ1) is 17.3. The highest BCUT2D eigenvalue weighted by Crippen LogP contribution is 2.55. The minimum Gasteiger partial charge on any atom is -0.335 e. The van der Waals surface area contributed by atoms with Crippen LogP contribution >= 0.6 is 0 Å². The van der Waals surface area contributed by atoms with Crippen molar-refractivity contribution in [2.75, 3.05) is 6.54 Å². The van der Waals surface area contributed by atoms with E-state index in [0.717, 1.165) is 30.6 Å². The topological polar surface area (TPSA) is 44.4 Å². The molecule has 4 nitrogen and oxygen atoms in total. The summed E-state index contributed by atoms with van der Waals surface area (Å²) in [6, 6.07) is 1.92. The van der Waals surface area contributed by atoms with Crippen molar-refractivity contribution in [3.63, 3.8) is 0 Å². The second-order valence-electron chi connectivity index (χ2n) is 10.4. The summed E-state index contributed by atoms with van der Waals surface area (Å²) < 4.78 is 0. The molecule has 2 saturated heterocycles. The molecule has 26 heavy (non-hydrogen) atoms. The standard InChI is InChI=1S/C22H37N3O/c1-2-6-25-19-4-3-5-20(25)11-18(10-19)23-21(26)24-22-12-15-7-16(13-22)9-17(8-15)14-22/h15-20H,2-14H2,1H3,(H2,23,24,26)/t15?,16?,17?,19-,20-,22?/m1/s1. The number of rotatable bonds is 4. The molecule has 0 aromatic rings. The van der Waals surface area contributed by atoms with E-state index < -0.39 is 0 Å². The highest BCUT2D eigenvalue weighted by atomic mass is 16.2. The Hall–Kier alpha value is -0.770. The number of urea groups is 1. The van der Waals surface area contributed by atoms with Crippen molar-refractivity contribution in [2.45, 2.75) is 108 Å². The van der Waals surface area contributed by atoms with Gasteiger partial charge in [-0.1, -0.05) is 13.3 Å². The average Bonchev–Trinajstić information content (AvgIpc) is 2.53. The highest BCUT2D eigenvalue weighted by molar-refractivity contribution is 5.75. The number of fused-ring (bicyclic) bond motifs is 2. The monoisotopic (exact) mass is 359 g/mol. The molecule has 2 atom stereocenters. The molecule has 146 valence electrons. The van der Waals surface area contributed by atoms with Gasteiger partial charge in [-0.15, -0.1) is 0 Å². The smallest absolute Gasteiger partial charge is 0.315 e. The molecular formula is C22H37N3O. The minimum absolute atomic E-state index is 0.137. The molecule has 6 aliphatic rings. The summed E-state index contributed by atoms with van der Waals surface area (Å²) in [7, 11) is 0. The molecule has 6 fully saturated rings. The van der Waals surface area contributed by atoms with Crippen LogP contribution in [0.2, 0.25) is 0 Å². The van der Waals surface area contributed by atoms with E-state index in [1.165, 1.54) is 70.8 Å². The van der Waals surface area contributed by atoms with Gasteiger partial charge in [-0.2, -0.15) is 0 Å². The van der Waals surface area contributed by atoms with Crippen LogP contribution in [0.25, 0.3) is 0 Å². The van der Waals surface area contributed by atoms with Crippen molar-refractivity contribution in [1.29, 1.82) is 0 Å². The van der Waals surface area contributed by atoms with Gasteiger partial charge in [-0.25, -0.2) is 4.79 Å². The van der Waals surface area contributed by atoms with Crippen LogP contribution in [0.1, 0.15) is 84.0 Å². The minimum atomic E-state index is 0.137. The fraction of sp³-hybridized carbons (Fsp3) is 0.955. The lowest BCUT2D eigenvalue weighted by molar-refractivity contribution is -0.0144. The third-order valence-electron chi connectivity index (χ3n) is 8.36. The second-order valence-corrected chi connectivity index (χ2v) is 10.4.